The summed E-state index contributed by atoms with van der Waals surface area (Å²) in [7, 11) is 0. The lowest BCUT2D eigenvalue weighted by Gasteiger charge is -2.23. The molecule has 1 aliphatic carbocycles. The molecule has 1 aliphatic rings. The van der Waals surface area contributed by atoms with E-state index in [-0.39, 0.29) is 29.6 Å². The Labute approximate surface area is 292 Å². The molecule has 9 aromatic carbocycles. The van der Waals surface area contributed by atoms with Gasteiger partial charge in [0.05, 0.1) is 5.48 Å². The minimum Gasteiger partial charge on any atom is -0.0622 e. The average molecular weight is 627 g/mol. The van der Waals surface area contributed by atoms with Crippen LogP contribution in [-0.4, -0.2) is 0 Å². The fraction of sp³-hybridized carbons (Fsp3) is 0.0612. The zero-order chi connectivity index (χ0) is 36.2. The molecule has 0 heterocycles. The van der Waals surface area contributed by atoms with Crippen molar-refractivity contribution in [3.63, 3.8) is 0 Å². The summed E-state index contributed by atoms with van der Waals surface area (Å²) >= 11 is 0. The van der Waals surface area contributed by atoms with Gasteiger partial charge in [0.1, 0.15) is 0 Å². The van der Waals surface area contributed by atoms with Gasteiger partial charge in [-0.2, -0.15) is 0 Å². The Bertz CT molecular complexity index is 2980. The van der Waals surface area contributed by atoms with Crippen LogP contribution in [0.5, 0.6) is 0 Å². The second kappa shape index (κ2) is 10.5. The second-order valence-corrected chi connectivity index (χ2v) is 13.7. The first-order valence-electron chi connectivity index (χ1n) is 18.9. The topological polar surface area (TPSA) is 0 Å². The molecule has 0 aliphatic heterocycles. The van der Waals surface area contributed by atoms with Crippen LogP contribution in [0.4, 0.5) is 0 Å². The van der Waals surface area contributed by atoms with Gasteiger partial charge in [0.2, 0.25) is 0 Å². The first kappa shape index (κ1) is 24.2. The Balaban J connectivity index is 1.23. The Hall–Kier alpha value is -5.98. The maximum absolute atomic E-state index is 9.63. The molecule has 230 valence electrons. The van der Waals surface area contributed by atoms with Crippen LogP contribution in [0.25, 0.3) is 87.6 Å². The maximum Gasteiger partial charge on any atom is 0.0629 e. The third-order valence-corrected chi connectivity index (χ3v) is 10.7. The van der Waals surface area contributed by atoms with Gasteiger partial charge in [0.15, 0.2) is 0 Å². The Morgan fingerprint density at radius 2 is 1.02 bits per heavy atom. The zero-order valence-electron chi connectivity index (χ0n) is 31.4. The summed E-state index contributed by atoms with van der Waals surface area (Å²) in [6.45, 7) is 4.48. The predicted octanol–water partition coefficient (Wildman–Crippen LogP) is 13.6. The predicted molar refractivity (Wildman–Crippen MR) is 210 cm³/mol. The van der Waals surface area contributed by atoms with Crippen molar-refractivity contribution in [2.75, 3.05) is 0 Å². The van der Waals surface area contributed by atoms with Crippen molar-refractivity contribution in [1.82, 2.24) is 0 Å². The van der Waals surface area contributed by atoms with Crippen LogP contribution in [0.2, 0.25) is 0 Å². The van der Waals surface area contributed by atoms with Gasteiger partial charge >= 0.3 is 0 Å². The van der Waals surface area contributed by atoms with E-state index in [0.29, 0.717) is 16.7 Å². The highest BCUT2D eigenvalue weighted by atomic mass is 14.4. The largest absolute Gasteiger partial charge is 0.0629 e. The van der Waals surface area contributed by atoms with Crippen molar-refractivity contribution in [3.05, 3.63) is 181 Å². The molecular formula is C49H34. The van der Waals surface area contributed by atoms with E-state index in [1.165, 1.54) is 21.9 Å². The van der Waals surface area contributed by atoms with Crippen LogP contribution < -0.4 is 0 Å². The molecule has 0 spiro atoms. The smallest absolute Gasteiger partial charge is 0.0622 e. The lowest BCUT2D eigenvalue weighted by molar-refractivity contribution is 0.666. The van der Waals surface area contributed by atoms with Crippen LogP contribution in [0.1, 0.15) is 30.5 Å². The van der Waals surface area contributed by atoms with Crippen LogP contribution in [0, 0.1) is 0 Å². The van der Waals surface area contributed by atoms with Crippen LogP contribution in [0.15, 0.2) is 170 Å². The van der Waals surface area contributed by atoms with Crippen LogP contribution in [0.3, 0.4) is 0 Å². The van der Waals surface area contributed by atoms with Crippen molar-refractivity contribution in [2.24, 2.45) is 0 Å². The fourth-order valence-corrected chi connectivity index (χ4v) is 8.37. The summed E-state index contributed by atoms with van der Waals surface area (Å²) in [5, 5.41) is 8.43. The number of hydrogen-bond acceptors (Lipinski definition) is 0. The third kappa shape index (κ3) is 4.17. The quantitative estimate of drug-likeness (QED) is 0.135. The van der Waals surface area contributed by atoms with Gasteiger partial charge in [-0.15, -0.1) is 0 Å². The minimum atomic E-state index is -0.319. The normalized spacial score (nSPS) is 14.4. The number of benzene rings is 9. The van der Waals surface area contributed by atoms with Crippen molar-refractivity contribution in [3.8, 4) is 44.5 Å². The van der Waals surface area contributed by atoms with Gasteiger partial charge in [-0.05, 0) is 111 Å². The molecule has 0 atom stereocenters. The standard InChI is InChI=1S/C49H34/c1-49(2)46-29-36(25-26-40(46)43-28-24-34-14-7-9-16-39(34)48(43)49)31-19-21-35(22-20-31)47-41-18-10-17-38(32-11-4-3-5-12-32)44(41)30-45-37-15-8-6-13-33(37)23-27-42(45)47/h3-30H,1-2H3/i19D,20D,21D,22D. The zero-order valence-corrected chi connectivity index (χ0v) is 27.4. The number of hydrogen-bond donors (Lipinski definition) is 0. The minimum absolute atomic E-state index is 0.0372. The molecule has 0 fully saturated rings. The van der Waals surface area contributed by atoms with Crippen LogP contribution >= 0.6 is 0 Å². The fourth-order valence-electron chi connectivity index (χ4n) is 8.37. The molecule has 0 heteroatoms. The summed E-state index contributed by atoms with van der Waals surface area (Å²) in [4.78, 5) is 0. The molecule has 0 aromatic heterocycles. The lowest BCUT2D eigenvalue weighted by atomic mass is 9.79. The number of rotatable bonds is 3. The van der Waals surface area contributed by atoms with E-state index in [1.807, 2.05) is 42.5 Å². The molecule has 0 unspecified atom stereocenters. The van der Waals surface area contributed by atoms with Gasteiger partial charge in [-0.25, -0.2) is 0 Å². The van der Waals surface area contributed by atoms with E-state index >= 15 is 0 Å². The van der Waals surface area contributed by atoms with E-state index in [4.69, 9.17) is 0 Å². The second-order valence-electron chi connectivity index (χ2n) is 13.7. The molecule has 0 radical (unpaired) electrons. The summed E-state index contributed by atoms with van der Waals surface area (Å²) in [6.07, 6.45) is 0. The molecule has 49 heavy (non-hydrogen) atoms. The maximum atomic E-state index is 9.63. The molecule has 0 amide bonds. The summed E-state index contributed by atoms with van der Waals surface area (Å²) < 4.78 is 38.3. The van der Waals surface area contributed by atoms with E-state index in [0.717, 1.165) is 60.1 Å². The third-order valence-electron chi connectivity index (χ3n) is 10.7. The molecule has 0 N–H and O–H groups in total. The van der Waals surface area contributed by atoms with E-state index in [2.05, 4.69) is 117 Å². The SMILES string of the molecule is [2H]c1c([2H])c(-c2c3cccc(-c4ccccc4)c3cc3c2ccc2ccccc23)c([2H])c([2H])c1-c1ccc2c(c1)C(C)(C)c1c-2ccc2ccccc12. The van der Waals surface area contributed by atoms with E-state index in [1.54, 1.807) is 0 Å². The van der Waals surface area contributed by atoms with Gasteiger partial charge < -0.3 is 0 Å². The van der Waals surface area contributed by atoms with Crippen molar-refractivity contribution in [2.45, 2.75) is 19.3 Å². The molecule has 0 saturated heterocycles. The van der Waals surface area contributed by atoms with Gasteiger partial charge in [0, 0.05) is 5.41 Å². The van der Waals surface area contributed by atoms with Crippen molar-refractivity contribution < 1.29 is 5.48 Å². The summed E-state index contributed by atoms with van der Waals surface area (Å²) in [6, 6.07) is 50.1. The highest BCUT2D eigenvalue weighted by Crippen LogP contribution is 2.52. The first-order valence-corrected chi connectivity index (χ1v) is 16.9. The molecule has 0 bridgehead atoms. The molecular weight excluding hydrogens is 589 g/mol. The highest BCUT2D eigenvalue weighted by molar-refractivity contribution is 6.22. The van der Waals surface area contributed by atoms with Gasteiger partial charge in [0.25, 0.3) is 0 Å². The van der Waals surface area contributed by atoms with Crippen LogP contribution in [-0.2, 0) is 5.41 Å². The summed E-state index contributed by atoms with van der Waals surface area (Å²) in [5.74, 6) is 0. The first-order chi connectivity index (χ1) is 25.7. The summed E-state index contributed by atoms with van der Waals surface area (Å²) in [5.41, 5.74) is 8.63. The van der Waals surface area contributed by atoms with Gasteiger partial charge in [-0.1, -0.05) is 171 Å². The molecule has 0 nitrogen and oxygen atoms in total. The Morgan fingerprint density at radius 1 is 0.388 bits per heavy atom. The lowest BCUT2D eigenvalue weighted by Crippen LogP contribution is -2.15. The van der Waals surface area contributed by atoms with Crippen molar-refractivity contribution >= 4 is 43.1 Å². The van der Waals surface area contributed by atoms with E-state index < -0.39 is 0 Å². The van der Waals surface area contributed by atoms with Gasteiger partial charge in [-0.3, -0.25) is 0 Å². The Kier molecular flexibility index (Phi) is 5.19. The monoisotopic (exact) mass is 626 g/mol. The molecule has 9 aromatic rings. The Morgan fingerprint density at radius 3 is 1.84 bits per heavy atom. The van der Waals surface area contributed by atoms with E-state index in [9.17, 15) is 5.48 Å². The highest BCUT2D eigenvalue weighted by Gasteiger charge is 2.37. The molecule has 10 rings (SSSR count). The molecule has 0 saturated carbocycles. The number of fused-ring (bicyclic) bond motifs is 9. The average Bonchev–Trinajstić information content (AvgIpc) is 3.42. The van der Waals surface area contributed by atoms with Crippen molar-refractivity contribution in [1.29, 1.82) is 0 Å².